The van der Waals surface area contributed by atoms with Crippen molar-refractivity contribution in [1.82, 2.24) is 0 Å². The lowest BCUT2D eigenvalue weighted by molar-refractivity contribution is 0.597. The smallest absolute Gasteiger partial charge is 0.207 e. The van der Waals surface area contributed by atoms with E-state index in [4.69, 9.17) is 10.7 Å². The van der Waals surface area contributed by atoms with E-state index in [9.17, 15) is 12.8 Å². The summed E-state index contributed by atoms with van der Waals surface area (Å²) in [6.07, 6.45) is 0. The first-order chi connectivity index (χ1) is 5.82. The first-order valence-electron chi connectivity index (χ1n) is 2.91. The number of hydrogen-bond donors (Lipinski definition) is 0. The van der Waals surface area contributed by atoms with Gasteiger partial charge in [-0.15, -0.1) is 0 Å². The van der Waals surface area contributed by atoms with Gasteiger partial charge in [-0.2, -0.15) is 0 Å². The molecule has 0 saturated carbocycles. The molecule has 0 bridgehead atoms. The van der Waals surface area contributed by atoms with Crippen LogP contribution in [-0.4, -0.2) is 8.42 Å². The summed E-state index contributed by atoms with van der Waals surface area (Å²) in [5, 5.41) is 0. The van der Waals surface area contributed by atoms with Crippen LogP contribution in [0, 0.1) is 9.39 Å². The average molecular weight is 399 g/mol. The molecular weight excluding hydrogens is 397 g/mol. The van der Waals surface area contributed by atoms with Crippen LogP contribution in [0.4, 0.5) is 4.39 Å². The van der Waals surface area contributed by atoms with Gasteiger partial charge in [-0.25, -0.2) is 12.8 Å². The highest BCUT2D eigenvalue weighted by molar-refractivity contribution is 14.1. The zero-order chi connectivity index (χ0) is 10.2. The zero-order valence-electron chi connectivity index (χ0n) is 5.89. The molecule has 0 unspecified atom stereocenters. The molecule has 1 rings (SSSR count). The lowest BCUT2D eigenvalue weighted by Gasteiger charge is -2.02. The molecule has 0 radical (unpaired) electrons. The first-order valence-corrected chi connectivity index (χ1v) is 7.09. The van der Waals surface area contributed by atoms with Crippen molar-refractivity contribution in [1.29, 1.82) is 0 Å². The fraction of sp³-hybridized carbons (Fsp3) is 0. The third-order valence-electron chi connectivity index (χ3n) is 1.22. The lowest BCUT2D eigenvalue weighted by atomic mass is 10.3. The van der Waals surface area contributed by atoms with E-state index in [1.165, 1.54) is 12.1 Å². The predicted octanol–water partition coefficient (Wildman–Crippen LogP) is 3.12. The summed E-state index contributed by atoms with van der Waals surface area (Å²) in [4.78, 5) is -0.221. The fourth-order valence-corrected chi connectivity index (χ4v) is 3.81. The van der Waals surface area contributed by atoms with E-state index in [-0.39, 0.29) is 8.47 Å². The van der Waals surface area contributed by atoms with Crippen LogP contribution in [0.2, 0.25) is 0 Å². The number of rotatable bonds is 1. The van der Waals surface area contributed by atoms with Crippen LogP contribution in [0.5, 0.6) is 0 Å². The van der Waals surface area contributed by atoms with Gasteiger partial charge in [0.1, 0.15) is 5.82 Å². The molecule has 72 valence electrons. The molecule has 0 aromatic heterocycles. The summed E-state index contributed by atoms with van der Waals surface area (Å²) >= 11 is 4.56. The van der Waals surface area contributed by atoms with E-state index in [1.54, 1.807) is 22.6 Å². The number of halogens is 4. The van der Waals surface area contributed by atoms with Gasteiger partial charge in [0, 0.05) is 15.2 Å². The summed E-state index contributed by atoms with van der Waals surface area (Å²) in [5.41, 5.74) is 0. The van der Waals surface area contributed by atoms with Gasteiger partial charge in [-0.05, 0) is 34.7 Å². The Labute approximate surface area is 101 Å². The molecule has 0 aliphatic rings. The van der Waals surface area contributed by atoms with Gasteiger partial charge in [0.15, 0.2) is 0 Å². The SMILES string of the molecule is O=S(=O)(Cl)c1cc(Br)cc(F)c1I. The van der Waals surface area contributed by atoms with Crippen molar-refractivity contribution < 1.29 is 12.8 Å². The zero-order valence-corrected chi connectivity index (χ0v) is 11.2. The Morgan fingerprint density at radius 1 is 1.46 bits per heavy atom. The van der Waals surface area contributed by atoms with Gasteiger partial charge in [0.25, 0.3) is 9.05 Å². The van der Waals surface area contributed by atoms with Gasteiger partial charge < -0.3 is 0 Å². The van der Waals surface area contributed by atoms with Crippen molar-refractivity contribution in [2.24, 2.45) is 0 Å². The minimum absolute atomic E-state index is 0.00389. The maximum atomic E-state index is 13.0. The monoisotopic (exact) mass is 398 g/mol. The molecule has 2 nitrogen and oxygen atoms in total. The van der Waals surface area contributed by atoms with Gasteiger partial charge >= 0.3 is 0 Å². The van der Waals surface area contributed by atoms with Gasteiger partial charge in [0.05, 0.1) is 8.47 Å². The third kappa shape index (κ3) is 2.77. The van der Waals surface area contributed by atoms with Crippen molar-refractivity contribution in [2.45, 2.75) is 4.90 Å². The molecule has 0 heterocycles. The highest BCUT2D eigenvalue weighted by Gasteiger charge is 2.18. The van der Waals surface area contributed by atoms with E-state index in [0.717, 1.165) is 0 Å². The standard InChI is InChI=1S/C6H2BrClFIO2S/c7-3-1-4(9)6(10)5(2-3)13(8,11)12/h1-2H. The molecule has 0 N–H and O–H groups in total. The molecule has 0 aliphatic carbocycles. The molecule has 1 aromatic carbocycles. The van der Waals surface area contributed by atoms with Crippen molar-refractivity contribution >= 4 is 58.3 Å². The van der Waals surface area contributed by atoms with Crippen molar-refractivity contribution in [3.8, 4) is 0 Å². The summed E-state index contributed by atoms with van der Waals surface area (Å²) < 4.78 is 35.2. The van der Waals surface area contributed by atoms with Crippen molar-refractivity contribution in [3.63, 3.8) is 0 Å². The minimum Gasteiger partial charge on any atom is -0.207 e. The molecular formula is C6H2BrClFIO2S. The number of benzene rings is 1. The summed E-state index contributed by atoms with van der Waals surface area (Å²) in [6.45, 7) is 0. The quantitative estimate of drug-likeness (QED) is 0.413. The second-order valence-electron chi connectivity index (χ2n) is 2.14. The van der Waals surface area contributed by atoms with Crippen LogP contribution in [-0.2, 0) is 9.05 Å². The molecule has 0 fully saturated rings. The maximum Gasteiger partial charge on any atom is 0.262 e. The molecule has 0 saturated heterocycles. The summed E-state index contributed by atoms with van der Waals surface area (Å²) in [7, 11) is 1.20. The lowest BCUT2D eigenvalue weighted by Crippen LogP contribution is -1.97. The summed E-state index contributed by atoms with van der Waals surface area (Å²) in [5.74, 6) is -0.616. The van der Waals surface area contributed by atoms with Crippen LogP contribution in [0.3, 0.4) is 0 Å². The molecule has 0 spiro atoms. The Morgan fingerprint density at radius 2 is 2.00 bits per heavy atom. The highest BCUT2D eigenvalue weighted by Crippen LogP contribution is 2.27. The Morgan fingerprint density at radius 3 is 2.46 bits per heavy atom. The second-order valence-corrected chi connectivity index (χ2v) is 6.67. The Bertz CT molecular complexity index is 448. The van der Waals surface area contributed by atoms with Crippen LogP contribution in [0.1, 0.15) is 0 Å². The fourth-order valence-electron chi connectivity index (χ4n) is 0.710. The van der Waals surface area contributed by atoms with Gasteiger partial charge in [-0.3, -0.25) is 0 Å². The van der Waals surface area contributed by atoms with Crippen molar-refractivity contribution in [3.05, 3.63) is 26.0 Å². The van der Waals surface area contributed by atoms with E-state index in [1.807, 2.05) is 0 Å². The largest absolute Gasteiger partial charge is 0.262 e. The van der Waals surface area contributed by atoms with Crippen LogP contribution in [0.25, 0.3) is 0 Å². The first kappa shape index (κ1) is 11.7. The second kappa shape index (κ2) is 4.00. The van der Waals surface area contributed by atoms with Gasteiger partial charge in [-0.1, -0.05) is 15.9 Å². The van der Waals surface area contributed by atoms with E-state index < -0.39 is 14.9 Å². The molecule has 1 aromatic rings. The maximum absolute atomic E-state index is 13.0. The Hall–Kier alpha value is 0.600. The number of hydrogen-bond acceptors (Lipinski definition) is 2. The predicted molar refractivity (Wildman–Crippen MR) is 59.9 cm³/mol. The molecule has 7 heteroatoms. The van der Waals surface area contributed by atoms with Crippen LogP contribution < -0.4 is 0 Å². The molecule has 0 atom stereocenters. The van der Waals surface area contributed by atoms with Crippen LogP contribution >= 0.6 is 49.2 Å². The molecule has 0 amide bonds. The molecule has 0 aliphatic heterocycles. The van der Waals surface area contributed by atoms with E-state index in [2.05, 4.69) is 15.9 Å². The van der Waals surface area contributed by atoms with Crippen molar-refractivity contribution in [2.75, 3.05) is 0 Å². The highest BCUT2D eigenvalue weighted by atomic mass is 127. The topological polar surface area (TPSA) is 34.1 Å². The van der Waals surface area contributed by atoms with E-state index in [0.29, 0.717) is 4.47 Å². The Balaban J connectivity index is 3.56. The Kier molecular flexibility index (Phi) is 3.59. The van der Waals surface area contributed by atoms with E-state index >= 15 is 0 Å². The normalized spacial score (nSPS) is 11.7. The minimum atomic E-state index is -3.88. The average Bonchev–Trinajstić information content (AvgIpc) is 1.94. The van der Waals surface area contributed by atoms with Crippen LogP contribution in [0.15, 0.2) is 21.5 Å². The summed E-state index contributed by atoms with van der Waals surface area (Å²) in [6, 6.07) is 2.43. The van der Waals surface area contributed by atoms with Gasteiger partial charge in [0.2, 0.25) is 0 Å². The third-order valence-corrected chi connectivity index (χ3v) is 4.49. The molecule has 13 heavy (non-hydrogen) atoms.